The van der Waals surface area contributed by atoms with E-state index in [-0.39, 0.29) is 18.9 Å². The summed E-state index contributed by atoms with van der Waals surface area (Å²) < 4.78 is 28.5. The second-order valence-electron chi connectivity index (χ2n) is 1.73. The Bertz CT molecular complexity index is 151. The third-order valence-electron chi connectivity index (χ3n) is 1.08. The van der Waals surface area contributed by atoms with Crippen LogP contribution in [0.5, 0.6) is 0 Å². The molecule has 0 amide bonds. The molecule has 1 radical (unpaired) electrons. The minimum Gasteiger partial charge on any atom is -0.285 e. The monoisotopic (exact) mass is 145 g/mol. The van der Waals surface area contributed by atoms with Crippen molar-refractivity contribution < 1.29 is 13.0 Å². The summed E-state index contributed by atoms with van der Waals surface area (Å²) in [6.45, 7) is 3.17. The minimum atomic E-state index is -3.75. The summed E-state index contributed by atoms with van der Waals surface area (Å²) in [6.07, 6.45) is 0.457. The van der Waals surface area contributed by atoms with Crippen LogP contribution in [0.3, 0.4) is 0 Å². The van der Waals surface area contributed by atoms with Crippen molar-refractivity contribution in [3.8, 4) is 0 Å². The second kappa shape index (κ2) is 4.34. The molecule has 0 spiro atoms. The van der Waals surface area contributed by atoms with Crippen LogP contribution in [0, 0.1) is 0 Å². The normalized spacial score (nSPS) is 14.1. The Kier molecular flexibility index (Phi) is 5.89. The Hall–Kier alpha value is 0.507. The van der Waals surface area contributed by atoms with Crippen molar-refractivity contribution in [2.24, 2.45) is 0 Å². The summed E-state index contributed by atoms with van der Waals surface area (Å²) in [4.78, 5) is 0. The Balaban J connectivity index is 0. The van der Waals surface area contributed by atoms with E-state index >= 15 is 0 Å². The summed E-state index contributed by atoms with van der Waals surface area (Å²) >= 11 is 0. The van der Waals surface area contributed by atoms with Gasteiger partial charge in [-0.1, -0.05) is 6.92 Å². The molecule has 1 unspecified atom stereocenters. The molecule has 0 aromatic heterocycles. The van der Waals surface area contributed by atoms with Crippen molar-refractivity contribution in [3.63, 3.8) is 0 Å². The fourth-order valence-electron chi connectivity index (χ4n) is 0.211. The van der Waals surface area contributed by atoms with Crippen molar-refractivity contribution >= 4 is 29.0 Å². The van der Waals surface area contributed by atoms with E-state index < -0.39 is 15.4 Å². The molecule has 51 valence electrons. The first-order valence-electron chi connectivity index (χ1n) is 2.44. The zero-order chi connectivity index (χ0) is 6.78. The van der Waals surface area contributed by atoms with E-state index in [9.17, 15) is 8.42 Å². The Morgan fingerprint density at radius 3 is 1.89 bits per heavy atom. The number of hydrogen-bond acceptors (Lipinski definition) is 2. The van der Waals surface area contributed by atoms with Crippen molar-refractivity contribution in [2.75, 3.05) is 0 Å². The summed E-state index contributed by atoms with van der Waals surface area (Å²) in [6, 6.07) is 0. The van der Waals surface area contributed by atoms with Crippen LogP contribution < -0.4 is 0 Å². The molecule has 0 aliphatic carbocycles. The molecule has 1 atom stereocenters. The van der Waals surface area contributed by atoms with Gasteiger partial charge in [0.2, 0.25) is 0 Å². The van der Waals surface area contributed by atoms with Crippen LogP contribution in [0.25, 0.3) is 0 Å². The molecule has 0 bridgehead atoms. The first-order chi connectivity index (χ1) is 3.48. The molecule has 9 heavy (non-hydrogen) atoms. The molecule has 1 N–H and O–H groups in total. The van der Waals surface area contributed by atoms with Crippen molar-refractivity contribution in [3.05, 3.63) is 0 Å². The van der Waals surface area contributed by atoms with Gasteiger partial charge in [-0.15, -0.1) is 0 Å². The van der Waals surface area contributed by atoms with Crippen molar-refractivity contribution in [1.29, 1.82) is 0 Å². The zero-order valence-corrected chi connectivity index (χ0v) is 6.77. The van der Waals surface area contributed by atoms with Gasteiger partial charge < -0.3 is 0 Å². The van der Waals surface area contributed by atoms with Gasteiger partial charge in [0.15, 0.2) is 0 Å². The van der Waals surface area contributed by atoms with Crippen LogP contribution in [0.15, 0.2) is 0 Å². The number of rotatable bonds is 2. The summed E-state index contributed by atoms with van der Waals surface area (Å²) in [5.74, 6) is 0. The molecule has 0 aromatic carbocycles. The number of hydrogen-bond donors (Lipinski definition) is 1. The molecule has 0 aliphatic heterocycles. The molecule has 0 aromatic rings. The second-order valence-corrected chi connectivity index (χ2v) is 3.57. The van der Waals surface area contributed by atoms with Crippen LogP contribution in [0.2, 0.25) is 0 Å². The zero-order valence-electron chi connectivity index (χ0n) is 5.96. The molecular formula is C4H10LiO3S. The molecule has 5 heteroatoms. The van der Waals surface area contributed by atoms with Gasteiger partial charge in [-0.05, 0) is 13.3 Å². The Morgan fingerprint density at radius 1 is 1.56 bits per heavy atom. The van der Waals surface area contributed by atoms with Gasteiger partial charge in [-0.25, -0.2) is 0 Å². The minimum absolute atomic E-state index is 0. The SMILES string of the molecule is CCC(C)S(=O)(=O)O.[Li]. The van der Waals surface area contributed by atoms with Gasteiger partial charge in [0.25, 0.3) is 10.1 Å². The molecule has 3 nitrogen and oxygen atoms in total. The van der Waals surface area contributed by atoms with Crippen LogP contribution in [0.1, 0.15) is 20.3 Å². The average Bonchev–Trinajstić information content (AvgIpc) is 1.62. The summed E-state index contributed by atoms with van der Waals surface area (Å²) in [5, 5.41) is -0.623. The predicted molar refractivity (Wildman–Crippen MR) is 37.1 cm³/mol. The molecule has 0 aliphatic rings. The maximum absolute atomic E-state index is 10.1. The molecule has 0 saturated carbocycles. The van der Waals surface area contributed by atoms with Crippen LogP contribution >= 0.6 is 0 Å². The molecule has 0 fully saturated rings. The van der Waals surface area contributed by atoms with Gasteiger partial charge in [-0.2, -0.15) is 8.42 Å². The maximum Gasteiger partial charge on any atom is 0.267 e. The van der Waals surface area contributed by atoms with Gasteiger partial charge in [0.1, 0.15) is 0 Å². The van der Waals surface area contributed by atoms with E-state index in [1.54, 1.807) is 6.92 Å². The Labute approximate surface area is 67.8 Å². The molecule has 0 saturated heterocycles. The van der Waals surface area contributed by atoms with Gasteiger partial charge in [-0.3, -0.25) is 4.55 Å². The van der Waals surface area contributed by atoms with Crippen LogP contribution in [-0.2, 0) is 10.1 Å². The van der Waals surface area contributed by atoms with E-state index in [1.807, 2.05) is 0 Å². The van der Waals surface area contributed by atoms with Crippen LogP contribution in [0.4, 0.5) is 0 Å². The predicted octanol–water partition coefficient (Wildman–Crippen LogP) is 0.292. The smallest absolute Gasteiger partial charge is 0.267 e. The third-order valence-corrected chi connectivity index (χ3v) is 2.43. The standard InChI is InChI=1S/C4H10O3S.Li/c1-3-4(2)8(5,6)7;/h4H,3H2,1-2H3,(H,5,6,7);. The van der Waals surface area contributed by atoms with Gasteiger partial charge in [0, 0.05) is 18.9 Å². The first-order valence-corrected chi connectivity index (χ1v) is 3.95. The molecule has 0 rings (SSSR count). The fourth-order valence-corrected chi connectivity index (χ4v) is 0.632. The molecule has 0 heterocycles. The Morgan fingerprint density at radius 2 is 1.89 bits per heavy atom. The van der Waals surface area contributed by atoms with E-state index in [2.05, 4.69) is 0 Å². The van der Waals surface area contributed by atoms with E-state index in [0.717, 1.165) is 0 Å². The molecular weight excluding hydrogens is 135 g/mol. The van der Waals surface area contributed by atoms with E-state index in [4.69, 9.17) is 4.55 Å². The average molecular weight is 145 g/mol. The quantitative estimate of drug-likeness (QED) is 0.449. The van der Waals surface area contributed by atoms with Gasteiger partial charge >= 0.3 is 0 Å². The van der Waals surface area contributed by atoms with Gasteiger partial charge in [0.05, 0.1) is 5.25 Å². The maximum atomic E-state index is 10.1. The third kappa shape index (κ3) is 4.98. The summed E-state index contributed by atoms with van der Waals surface area (Å²) in [7, 11) is -3.75. The largest absolute Gasteiger partial charge is 0.285 e. The van der Waals surface area contributed by atoms with E-state index in [0.29, 0.717) is 6.42 Å². The first kappa shape index (κ1) is 12.2. The fraction of sp³-hybridized carbons (Fsp3) is 1.00. The van der Waals surface area contributed by atoms with Crippen molar-refractivity contribution in [1.82, 2.24) is 0 Å². The van der Waals surface area contributed by atoms with Crippen LogP contribution in [-0.4, -0.2) is 37.1 Å². The topological polar surface area (TPSA) is 54.4 Å². The summed E-state index contributed by atoms with van der Waals surface area (Å²) in [5.41, 5.74) is 0. The van der Waals surface area contributed by atoms with E-state index in [1.165, 1.54) is 6.92 Å². The van der Waals surface area contributed by atoms with Crippen molar-refractivity contribution in [2.45, 2.75) is 25.5 Å².